The highest BCUT2D eigenvalue weighted by atomic mass is 16.5. The highest BCUT2D eigenvalue weighted by Crippen LogP contribution is 2.11. The molecule has 120 valence electrons. The predicted octanol–water partition coefficient (Wildman–Crippen LogP) is 2.71. The van der Waals surface area contributed by atoms with Gasteiger partial charge in [-0.3, -0.25) is 9.59 Å². The molecular weight excluding hydrogens is 296 g/mol. The van der Waals surface area contributed by atoms with Crippen LogP contribution in [0.15, 0.2) is 36.5 Å². The first kappa shape index (κ1) is 16.5. The van der Waals surface area contributed by atoms with Crippen LogP contribution < -0.4 is 5.32 Å². The number of ketones is 1. The average Bonchev–Trinajstić information content (AvgIpc) is 2.99. The highest BCUT2D eigenvalue weighted by Gasteiger charge is 2.20. The van der Waals surface area contributed by atoms with Crippen LogP contribution in [0, 0.1) is 6.92 Å². The summed E-state index contributed by atoms with van der Waals surface area (Å²) in [4.78, 5) is 37.8. The zero-order valence-electron chi connectivity index (χ0n) is 13.2. The highest BCUT2D eigenvalue weighted by molar-refractivity contribution is 5.99. The fourth-order valence-corrected chi connectivity index (χ4v) is 1.87. The number of hydrogen-bond donors (Lipinski definition) is 2. The van der Waals surface area contributed by atoms with Crippen molar-refractivity contribution in [3.8, 4) is 0 Å². The number of H-pyrrole nitrogens is 1. The number of benzene rings is 1. The van der Waals surface area contributed by atoms with Gasteiger partial charge in [-0.05, 0) is 39.0 Å². The number of ether oxygens (including phenoxy) is 1. The normalized spacial score (nSPS) is 11.6. The zero-order valence-corrected chi connectivity index (χ0v) is 13.2. The molecule has 1 heterocycles. The van der Waals surface area contributed by atoms with Gasteiger partial charge in [0.05, 0.1) is 0 Å². The van der Waals surface area contributed by atoms with Crippen LogP contribution in [0.4, 0.5) is 5.69 Å². The standard InChI is InChI=1S/C17H18N2O4/c1-10-4-6-14(7-5-10)19-16(21)12(3)23-17(22)15-8-13(9-18-15)11(2)20/h4-9,12,18H,1-3H3,(H,19,21). The molecule has 2 rings (SSSR count). The van der Waals surface area contributed by atoms with Gasteiger partial charge in [0.15, 0.2) is 11.9 Å². The molecule has 2 aromatic rings. The van der Waals surface area contributed by atoms with Crippen molar-refractivity contribution >= 4 is 23.3 Å². The minimum absolute atomic E-state index is 0.130. The Labute approximate surface area is 133 Å². The molecular formula is C17H18N2O4. The topological polar surface area (TPSA) is 88.3 Å². The van der Waals surface area contributed by atoms with Gasteiger partial charge >= 0.3 is 5.97 Å². The van der Waals surface area contributed by atoms with Gasteiger partial charge in [-0.25, -0.2) is 4.79 Å². The maximum Gasteiger partial charge on any atom is 0.355 e. The predicted molar refractivity (Wildman–Crippen MR) is 85.5 cm³/mol. The van der Waals surface area contributed by atoms with Gasteiger partial charge in [-0.15, -0.1) is 0 Å². The van der Waals surface area contributed by atoms with Gasteiger partial charge in [0, 0.05) is 17.4 Å². The maximum atomic E-state index is 12.0. The number of aromatic nitrogens is 1. The van der Waals surface area contributed by atoms with Crippen LogP contribution in [-0.4, -0.2) is 28.7 Å². The SMILES string of the molecule is CC(=O)c1c[nH]c(C(=O)OC(C)C(=O)Nc2ccc(C)cc2)c1. The van der Waals surface area contributed by atoms with Crippen LogP contribution in [0.25, 0.3) is 0 Å². The molecule has 1 aromatic heterocycles. The van der Waals surface area contributed by atoms with Crippen molar-refractivity contribution in [1.29, 1.82) is 0 Å². The first-order chi connectivity index (χ1) is 10.9. The summed E-state index contributed by atoms with van der Waals surface area (Å²) in [7, 11) is 0. The van der Waals surface area contributed by atoms with E-state index in [0.717, 1.165) is 5.56 Å². The minimum Gasteiger partial charge on any atom is -0.448 e. The largest absolute Gasteiger partial charge is 0.448 e. The third-order valence-electron chi connectivity index (χ3n) is 3.28. The third kappa shape index (κ3) is 4.29. The van der Waals surface area contributed by atoms with Crippen molar-refractivity contribution in [2.45, 2.75) is 26.9 Å². The first-order valence-corrected chi connectivity index (χ1v) is 7.14. The molecule has 1 atom stereocenters. The second-order valence-corrected chi connectivity index (χ2v) is 5.26. The summed E-state index contributed by atoms with van der Waals surface area (Å²) in [6, 6.07) is 8.68. The van der Waals surface area contributed by atoms with Crippen LogP contribution in [0.3, 0.4) is 0 Å². The summed E-state index contributed by atoms with van der Waals surface area (Å²) < 4.78 is 5.09. The summed E-state index contributed by atoms with van der Waals surface area (Å²) in [5.74, 6) is -1.28. The van der Waals surface area contributed by atoms with Crippen LogP contribution in [0.1, 0.15) is 40.3 Å². The van der Waals surface area contributed by atoms with E-state index in [2.05, 4.69) is 10.3 Å². The number of aromatic amines is 1. The van der Waals surface area contributed by atoms with Crippen molar-refractivity contribution in [2.24, 2.45) is 0 Å². The average molecular weight is 314 g/mol. The molecule has 0 bridgehead atoms. The number of hydrogen-bond acceptors (Lipinski definition) is 4. The summed E-state index contributed by atoms with van der Waals surface area (Å²) in [5.41, 5.74) is 2.22. The van der Waals surface area contributed by atoms with Gasteiger partial charge in [0.25, 0.3) is 5.91 Å². The third-order valence-corrected chi connectivity index (χ3v) is 3.28. The number of anilines is 1. The molecule has 0 fully saturated rings. The van der Waals surface area contributed by atoms with E-state index in [1.165, 1.54) is 26.1 Å². The summed E-state index contributed by atoms with van der Waals surface area (Å²) in [6.07, 6.45) is 0.462. The second kappa shape index (κ2) is 6.91. The molecule has 0 aliphatic rings. The molecule has 2 N–H and O–H groups in total. The molecule has 1 unspecified atom stereocenters. The number of esters is 1. The first-order valence-electron chi connectivity index (χ1n) is 7.14. The van der Waals surface area contributed by atoms with E-state index < -0.39 is 18.0 Å². The Balaban J connectivity index is 1.95. The van der Waals surface area contributed by atoms with Crippen LogP contribution >= 0.6 is 0 Å². The maximum absolute atomic E-state index is 12.0. The van der Waals surface area contributed by atoms with E-state index in [4.69, 9.17) is 4.74 Å². The lowest BCUT2D eigenvalue weighted by Crippen LogP contribution is -2.30. The molecule has 0 aliphatic heterocycles. The van der Waals surface area contributed by atoms with E-state index in [-0.39, 0.29) is 11.5 Å². The Kier molecular flexibility index (Phi) is 4.95. The van der Waals surface area contributed by atoms with Gasteiger partial charge in [-0.1, -0.05) is 17.7 Å². The summed E-state index contributed by atoms with van der Waals surface area (Å²) in [6.45, 7) is 4.83. The molecule has 1 aromatic carbocycles. The Hall–Kier alpha value is -2.89. The monoisotopic (exact) mass is 314 g/mol. The summed E-state index contributed by atoms with van der Waals surface area (Å²) >= 11 is 0. The number of carbonyl (C=O) groups is 3. The lowest BCUT2D eigenvalue weighted by atomic mass is 10.2. The molecule has 0 saturated heterocycles. The molecule has 6 nitrogen and oxygen atoms in total. The zero-order chi connectivity index (χ0) is 17.0. The van der Waals surface area contributed by atoms with Crippen molar-refractivity contribution in [2.75, 3.05) is 5.32 Å². The molecule has 0 aliphatic carbocycles. The Morgan fingerprint density at radius 3 is 2.39 bits per heavy atom. The Morgan fingerprint density at radius 1 is 1.17 bits per heavy atom. The Morgan fingerprint density at radius 2 is 1.83 bits per heavy atom. The lowest BCUT2D eigenvalue weighted by molar-refractivity contribution is -0.123. The van der Waals surface area contributed by atoms with E-state index in [0.29, 0.717) is 11.3 Å². The van der Waals surface area contributed by atoms with Gasteiger partial charge in [0.1, 0.15) is 5.69 Å². The van der Waals surface area contributed by atoms with E-state index in [1.807, 2.05) is 19.1 Å². The Bertz CT molecular complexity index is 731. The fourth-order valence-electron chi connectivity index (χ4n) is 1.87. The van der Waals surface area contributed by atoms with Crippen molar-refractivity contribution in [1.82, 2.24) is 4.98 Å². The van der Waals surface area contributed by atoms with E-state index >= 15 is 0 Å². The number of nitrogens with one attached hydrogen (secondary N) is 2. The minimum atomic E-state index is -0.965. The van der Waals surface area contributed by atoms with Crippen LogP contribution in [-0.2, 0) is 9.53 Å². The van der Waals surface area contributed by atoms with Crippen LogP contribution in [0.2, 0.25) is 0 Å². The number of amides is 1. The second-order valence-electron chi connectivity index (χ2n) is 5.26. The molecule has 23 heavy (non-hydrogen) atoms. The number of Topliss-reactive ketones (excluding diaryl/α,β-unsaturated/α-hetero) is 1. The van der Waals surface area contributed by atoms with Gasteiger partial charge in [-0.2, -0.15) is 0 Å². The number of aryl methyl sites for hydroxylation is 1. The molecule has 0 spiro atoms. The van der Waals surface area contributed by atoms with Gasteiger partial charge in [0.2, 0.25) is 0 Å². The van der Waals surface area contributed by atoms with E-state index in [1.54, 1.807) is 12.1 Å². The lowest BCUT2D eigenvalue weighted by Gasteiger charge is -2.13. The molecule has 0 saturated carbocycles. The summed E-state index contributed by atoms with van der Waals surface area (Å²) in [5, 5.41) is 2.67. The smallest absolute Gasteiger partial charge is 0.355 e. The van der Waals surface area contributed by atoms with Crippen LogP contribution in [0.5, 0.6) is 0 Å². The van der Waals surface area contributed by atoms with Crippen molar-refractivity contribution in [3.05, 3.63) is 53.3 Å². The molecule has 0 radical (unpaired) electrons. The van der Waals surface area contributed by atoms with Crippen molar-refractivity contribution < 1.29 is 19.1 Å². The molecule has 6 heteroatoms. The quantitative estimate of drug-likeness (QED) is 0.656. The molecule has 1 amide bonds. The van der Waals surface area contributed by atoms with Crippen molar-refractivity contribution in [3.63, 3.8) is 0 Å². The van der Waals surface area contributed by atoms with E-state index in [9.17, 15) is 14.4 Å². The number of carbonyl (C=O) groups excluding carboxylic acids is 3. The van der Waals surface area contributed by atoms with Gasteiger partial charge < -0.3 is 15.0 Å². The fraction of sp³-hybridized carbons (Fsp3) is 0.235. The number of rotatable bonds is 5.